The highest BCUT2D eigenvalue weighted by Crippen LogP contribution is 2.22. The fraction of sp³-hybridized carbons (Fsp3) is 0.417. The molecule has 0 aliphatic carbocycles. The number of carbonyl (C=O) groups excluding carboxylic acids is 2. The Balaban J connectivity index is 2.42. The molecule has 0 aliphatic rings. The third-order valence-corrected chi connectivity index (χ3v) is 6.27. The molecule has 0 saturated heterocycles. The lowest BCUT2D eigenvalue weighted by Crippen LogP contribution is -2.51. The highest BCUT2D eigenvalue weighted by Gasteiger charge is 2.30. The van der Waals surface area contributed by atoms with Crippen LogP contribution in [0.15, 0.2) is 42.5 Å². The van der Waals surface area contributed by atoms with Crippen LogP contribution in [0.25, 0.3) is 0 Å². The van der Waals surface area contributed by atoms with E-state index in [0.717, 1.165) is 32.8 Å². The normalized spacial score (nSPS) is 12.2. The van der Waals surface area contributed by atoms with Gasteiger partial charge >= 0.3 is 0 Å². The van der Waals surface area contributed by atoms with E-state index in [-0.39, 0.29) is 12.5 Å². The fourth-order valence-corrected chi connectivity index (χ4v) is 4.45. The zero-order valence-corrected chi connectivity index (χ0v) is 20.5. The van der Waals surface area contributed by atoms with Crippen LogP contribution in [0.2, 0.25) is 0 Å². The first-order chi connectivity index (χ1) is 14.9. The van der Waals surface area contributed by atoms with Crippen LogP contribution in [0.4, 0.5) is 5.69 Å². The number of hydrogen-bond donors (Lipinski definition) is 1. The molecular weight excluding hydrogens is 426 g/mol. The average molecular weight is 460 g/mol. The van der Waals surface area contributed by atoms with Gasteiger partial charge < -0.3 is 10.2 Å². The van der Waals surface area contributed by atoms with Crippen LogP contribution < -0.4 is 9.62 Å². The first kappa shape index (κ1) is 25.4. The first-order valence-corrected chi connectivity index (χ1v) is 12.5. The van der Waals surface area contributed by atoms with Gasteiger partial charge in [-0.25, -0.2) is 8.42 Å². The summed E-state index contributed by atoms with van der Waals surface area (Å²) in [6.07, 6.45) is 1.08. The summed E-state index contributed by atoms with van der Waals surface area (Å²) in [5.41, 5.74) is 4.13. The Labute approximate surface area is 191 Å². The van der Waals surface area contributed by atoms with Crippen LogP contribution in [0.1, 0.15) is 36.1 Å². The Morgan fingerprint density at radius 1 is 1.00 bits per heavy atom. The van der Waals surface area contributed by atoms with Crippen molar-refractivity contribution < 1.29 is 18.0 Å². The van der Waals surface area contributed by atoms with Crippen LogP contribution in [-0.2, 0) is 26.2 Å². The molecule has 1 N–H and O–H groups in total. The average Bonchev–Trinajstić information content (AvgIpc) is 2.68. The molecule has 0 saturated carbocycles. The van der Waals surface area contributed by atoms with E-state index < -0.39 is 28.5 Å². The largest absolute Gasteiger partial charge is 0.355 e. The van der Waals surface area contributed by atoms with Gasteiger partial charge in [-0.1, -0.05) is 35.9 Å². The maximum absolute atomic E-state index is 13.4. The van der Waals surface area contributed by atoms with E-state index in [4.69, 9.17) is 0 Å². The van der Waals surface area contributed by atoms with Crippen LogP contribution >= 0.6 is 0 Å². The topological polar surface area (TPSA) is 86.8 Å². The number of sulfonamides is 1. The number of carbonyl (C=O) groups is 2. The molecule has 8 heteroatoms. The van der Waals surface area contributed by atoms with Crippen LogP contribution in [0.5, 0.6) is 0 Å². The predicted molar refractivity (Wildman–Crippen MR) is 128 cm³/mol. The van der Waals surface area contributed by atoms with Crippen molar-refractivity contribution in [2.45, 2.75) is 47.2 Å². The Kier molecular flexibility index (Phi) is 8.44. The number of amides is 2. The molecule has 2 rings (SSSR count). The van der Waals surface area contributed by atoms with Gasteiger partial charge in [0.15, 0.2) is 0 Å². The van der Waals surface area contributed by atoms with Crippen LogP contribution in [0, 0.1) is 20.8 Å². The fourth-order valence-electron chi connectivity index (χ4n) is 3.62. The number of likely N-dealkylation sites (N-methyl/N-ethyl adjacent to an activating group) is 1. The molecule has 2 amide bonds. The lowest BCUT2D eigenvalue weighted by Gasteiger charge is -2.31. The minimum absolute atomic E-state index is 0.198. The van der Waals surface area contributed by atoms with Gasteiger partial charge in [0.2, 0.25) is 21.8 Å². The molecule has 0 bridgehead atoms. The van der Waals surface area contributed by atoms with Crippen molar-refractivity contribution in [1.82, 2.24) is 10.2 Å². The van der Waals surface area contributed by atoms with E-state index >= 15 is 0 Å². The summed E-state index contributed by atoms with van der Waals surface area (Å²) < 4.78 is 26.3. The molecule has 0 heterocycles. The van der Waals surface area contributed by atoms with Crippen LogP contribution in [-0.4, -0.2) is 50.5 Å². The standard InChI is InChI=1S/C24H33N3O4S/c1-7-25-24(29)20(5)26(15-21-10-8-9-17(2)12-21)23(28)16-27(32(6,30)31)22-13-18(3)11-19(4)14-22/h8-14,20H,7,15-16H2,1-6H3,(H,25,29)/t20-/m1/s1. The van der Waals surface area contributed by atoms with Gasteiger partial charge in [-0.15, -0.1) is 0 Å². The number of nitrogens with one attached hydrogen (secondary N) is 1. The highest BCUT2D eigenvalue weighted by atomic mass is 32.2. The molecule has 7 nitrogen and oxygen atoms in total. The highest BCUT2D eigenvalue weighted by molar-refractivity contribution is 7.92. The second-order valence-corrected chi connectivity index (χ2v) is 10.1. The Morgan fingerprint density at radius 2 is 1.62 bits per heavy atom. The van der Waals surface area contributed by atoms with E-state index in [9.17, 15) is 18.0 Å². The van der Waals surface area contributed by atoms with Crippen LogP contribution in [0.3, 0.4) is 0 Å². The van der Waals surface area contributed by atoms with Crippen molar-refractivity contribution >= 4 is 27.5 Å². The number of nitrogens with zero attached hydrogens (tertiary/aromatic N) is 2. The van der Waals surface area contributed by atoms with Crippen molar-refractivity contribution in [2.75, 3.05) is 23.7 Å². The molecule has 0 unspecified atom stereocenters. The molecule has 2 aromatic rings. The molecule has 0 fully saturated rings. The van der Waals surface area contributed by atoms with E-state index in [1.165, 1.54) is 4.90 Å². The Hall–Kier alpha value is -2.87. The maximum atomic E-state index is 13.4. The van der Waals surface area contributed by atoms with Gasteiger partial charge in [0.05, 0.1) is 11.9 Å². The predicted octanol–water partition coefficient (Wildman–Crippen LogP) is 2.93. The Bertz CT molecular complexity index is 1060. The van der Waals surface area contributed by atoms with E-state index in [2.05, 4.69) is 5.32 Å². The monoisotopic (exact) mass is 459 g/mol. The zero-order valence-electron chi connectivity index (χ0n) is 19.7. The van der Waals surface area contributed by atoms with Gasteiger partial charge in [0.25, 0.3) is 0 Å². The molecule has 0 aromatic heterocycles. The number of aryl methyl sites for hydroxylation is 3. The van der Waals surface area contributed by atoms with Crippen molar-refractivity contribution in [3.63, 3.8) is 0 Å². The molecule has 1 atom stereocenters. The molecule has 0 spiro atoms. The SMILES string of the molecule is CCNC(=O)[C@@H](C)N(Cc1cccc(C)c1)C(=O)CN(c1cc(C)cc(C)c1)S(C)(=O)=O. The number of anilines is 1. The second-order valence-electron chi connectivity index (χ2n) is 8.20. The molecule has 0 radical (unpaired) electrons. The summed E-state index contributed by atoms with van der Waals surface area (Å²) in [4.78, 5) is 27.4. The molecular formula is C24H33N3O4S. The summed E-state index contributed by atoms with van der Waals surface area (Å²) in [7, 11) is -3.73. The smallest absolute Gasteiger partial charge is 0.244 e. The minimum atomic E-state index is -3.73. The van der Waals surface area contributed by atoms with Gasteiger partial charge in [0, 0.05) is 13.1 Å². The van der Waals surface area contributed by atoms with E-state index in [1.807, 2.05) is 58.0 Å². The summed E-state index contributed by atoms with van der Waals surface area (Å²) in [6, 6.07) is 12.3. The first-order valence-electron chi connectivity index (χ1n) is 10.6. The van der Waals surface area contributed by atoms with Crippen molar-refractivity contribution in [3.05, 3.63) is 64.7 Å². The van der Waals surface area contributed by atoms with Gasteiger partial charge in [-0.2, -0.15) is 0 Å². The minimum Gasteiger partial charge on any atom is -0.355 e. The molecule has 0 aliphatic heterocycles. The van der Waals surface area contributed by atoms with Crippen molar-refractivity contribution in [2.24, 2.45) is 0 Å². The maximum Gasteiger partial charge on any atom is 0.244 e. The number of benzene rings is 2. The van der Waals surface area contributed by atoms with Crippen molar-refractivity contribution in [3.8, 4) is 0 Å². The third kappa shape index (κ3) is 6.82. The van der Waals surface area contributed by atoms with Gasteiger partial charge in [0.1, 0.15) is 12.6 Å². The summed E-state index contributed by atoms with van der Waals surface area (Å²) in [5.74, 6) is -0.736. The number of rotatable bonds is 9. The third-order valence-electron chi connectivity index (χ3n) is 5.13. The lowest BCUT2D eigenvalue weighted by atomic mass is 10.1. The summed E-state index contributed by atoms with van der Waals surface area (Å²) >= 11 is 0. The summed E-state index contributed by atoms with van der Waals surface area (Å²) in [6.45, 7) is 9.41. The number of hydrogen-bond acceptors (Lipinski definition) is 4. The van der Waals surface area contributed by atoms with E-state index in [0.29, 0.717) is 12.2 Å². The Morgan fingerprint density at radius 3 is 2.16 bits per heavy atom. The van der Waals surface area contributed by atoms with Gasteiger partial charge in [-0.3, -0.25) is 13.9 Å². The molecule has 32 heavy (non-hydrogen) atoms. The lowest BCUT2D eigenvalue weighted by molar-refractivity contribution is -0.139. The van der Waals surface area contributed by atoms with Gasteiger partial charge in [-0.05, 0) is 63.4 Å². The van der Waals surface area contributed by atoms with E-state index in [1.54, 1.807) is 19.1 Å². The quantitative estimate of drug-likeness (QED) is 0.625. The zero-order chi connectivity index (χ0) is 24.1. The second kappa shape index (κ2) is 10.6. The molecule has 2 aromatic carbocycles. The molecule has 174 valence electrons. The van der Waals surface area contributed by atoms with Crippen molar-refractivity contribution in [1.29, 1.82) is 0 Å². The summed E-state index contributed by atoms with van der Waals surface area (Å²) in [5, 5.41) is 2.74.